The molecular formula is C8H11BrN2O. The van der Waals surface area contributed by atoms with Crippen LogP contribution in [-0.2, 0) is 0 Å². The van der Waals surface area contributed by atoms with Crippen molar-refractivity contribution in [1.29, 1.82) is 0 Å². The number of nitrogens with zero attached hydrogens (tertiary/aromatic N) is 1. The summed E-state index contributed by atoms with van der Waals surface area (Å²) in [4.78, 5) is 3.93. The van der Waals surface area contributed by atoms with Crippen LogP contribution >= 0.6 is 15.9 Å². The third kappa shape index (κ3) is 2.03. The largest absolute Gasteiger partial charge is 0.391 e. The van der Waals surface area contributed by atoms with Crippen molar-refractivity contribution in [3.8, 4) is 0 Å². The lowest BCUT2D eigenvalue weighted by molar-refractivity contribution is 0.164. The molecule has 3 nitrogen and oxygen atoms in total. The molecule has 0 fully saturated rings. The summed E-state index contributed by atoms with van der Waals surface area (Å²) in [5.41, 5.74) is 6.55. The monoisotopic (exact) mass is 230 g/mol. The highest BCUT2D eigenvalue weighted by atomic mass is 79.9. The summed E-state index contributed by atoms with van der Waals surface area (Å²) < 4.78 is 0.880. The molecule has 0 saturated heterocycles. The smallest absolute Gasteiger partial charge is 0.0705 e. The van der Waals surface area contributed by atoms with Crippen molar-refractivity contribution in [1.82, 2.24) is 4.98 Å². The fourth-order valence-electron chi connectivity index (χ4n) is 0.895. The summed E-state index contributed by atoms with van der Waals surface area (Å²) in [7, 11) is 0. The minimum atomic E-state index is -0.564. The van der Waals surface area contributed by atoms with E-state index in [-0.39, 0.29) is 6.04 Å². The van der Waals surface area contributed by atoms with Gasteiger partial charge >= 0.3 is 0 Å². The average Bonchev–Trinajstić information content (AvgIpc) is 2.04. The van der Waals surface area contributed by atoms with E-state index in [1.165, 1.54) is 0 Å². The first kappa shape index (κ1) is 9.64. The minimum Gasteiger partial charge on any atom is -0.391 e. The predicted octanol–water partition coefficient (Wildman–Crippen LogP) is 1.22. The number of hydrogen-bond acceptors (Lipinski definition) is 3. The molecular weight excluding hydrogens is 220 g/mol. The van der Waals surface area contributed by atoms with Gasteiger partial charge in [-0.3, -0.25) is 4.98 Å². The van der Waals surface area contributed by atoms with Gasteiger partial charge in [0.2, 0.25) is 0 Å². The third-order valence-electron chi connectivity index (χ3n) is 1.68. The number of halogens is 1. The zero-order valence-electron chi connectivity index (χ0n) is 6.74. The summed E-state index contributed by atoms with van der Waals surface area (Å²) in [5.74, 6) is 0. The summed E-state index contributed by atoms with van der Waals surface area (Å²) in [6, 6.07) is 1.42. The Morgan fingerprint density at radius 3 is 2.83 bits per heavy atom. The van der Waals surface area contributed by atoms with Crippen LogP contribution < -0.4 is 5.73 Å². The standard InChI is InChI=1S/C8H11BrN2O/c1-5(12)8(10)6-4-11-3-2-7(6)9/h2-5,8,12H,10H2,1H3. The Hall–Kier alpha value is -0.450. The van der Waals surface area contributed by atoms with Crippen LogP contribution in [0, 0.1) is 0 Å². The quantitative estimate of drug-likeness (QED) is 0.804. The molecule has 1 aromatic heterocycles. The second kappa shape index (κ2) is 3.98. The zero-order valence-corrected chi connectivity index (χ0v) is 8.32. The molecule has 12 heavy (non-hydrogen) atoms. The number of nitrogens with two attached hydrogens (primary N) is 1. The van der Waals surface area contributed by atoms with Gasteiger partial charge in [0.25, 0.3) is 0 Å². The molecule has 2 unspecified atom stereocenters. The molecule has 1 heterocycles. The summed E-state index contributed by atoms with van der Waals surface area (Å²) in [5, 5.41) is 9.23. The van der Waals surface area contributed by atoms with Crippen molar-refractivity contribution in [2.24, 2.45) is 5.73 Å². The zero-order chi connectivity index (χ0) is 9.14. The van der Waals surface area contributed by atoms with Crippen molar-refractivity contribution in [2.45, 2.75) is 19.1 Å². The normalized spacial score (nSPS) is 15.7. The maximum atomic E-state index is 9.23. The molecule has 0 aliphatic carbocycles. The Kier molecular flexibility index (Phi) is 3.20. The van der Waals surface area contributed by atoms with Gasteiger partial charge in [-0.05, 0) is 13.0 Å². The number of pyridine rings is 1. The molecule has 0 bridgehead atoms. The van der Waals surface area contributed by atoms with Gasteiger partial charge < -0.3 is 10.8 Å². The van der Waals surface area contributed by atoms with E-state index in [9.17, 15) is 5.11 Å². The molecule has 1 rings (SSSR count). The first-order valence-corrected chi connectivity index (χ1v) is 4.45. The lowest BCUT2D eigenvalue weighted by Crippen LogP contribution is -2.23. The van der Waals surface area contributed by atoms with Crippen LogP contribution in [0.25, 0.3) is 0 Å². The number of hydrogen-bond donors (Lipinski definition) is 2. The molecule has 0 saturated carbocycles. The molecule has 0 amide bonds. The second-order valence-corrected chi connectivity index (χ2v) is 3.52. The Morgan fingerprint density at radius 2 is 2.33 bits per heavy atom. The fourth-order valence-corrected chi connectivity index (χ4v) is 1.38. The van der Waals surface area contributed by atoms with E-state index in [4.69, 9.17) is 5.73 Å². The Morgan fingerprint density at radius 1 is 1.67 bits per heavy atom. The summed E-state index contributed by atoms with van der Waals surface area (Å²) >= 11 is 3.33. The molecule has 0 aliphatic rings. The van der Waals surface area contributed by atoms with Gasteiger partial charge in [-0.1, -0.05) is 15.9 Å². The maximum absolute atomic E-state index is 9.23. The first-order chi connectivity index (χ1) is 5.63. The van der Waals surface area contributed by atoms with Crippen molar-refractivity contribution in [3.63, 3.8) is 0 Å². The van der Waals surface area contributed by atoms with Crippen LogP contribution in [0.5, 0.6) is 0 Å². The third-order valence-corrected chi connectivity index (χ3v) is 2.40. The molecule has 4 heteroatoms. The van der Waals surface area contributed by atoms with E-state index in [1.807, 2.05) is 0 Å². The van der Waals surface area contributed by atoms with E-state index in [1.54, 1.807) is 25.4 Å². The molecule has 3 N–H and O–H groups in total. The van der Waals surface area contributed by atoms with Crippen LogP contribution in [-0.4, -0.2) is 16.2 Å². The number of aromatic nitrogens is 1. The molecule has 66 valence electrons. The van der Waals surface area contributed by atoms with Crippen LogP contribution in [0.4, 0.5) is 0 Å². The summed E-state index contributed by atoms with van der Waals surface area (Å²) in [6.07, 6.45) is 2.76. The topological polar surface area (TPSA) is 59.1 Å². The first-order valence-electron chi connectivity index (χ1n) is 3.66. The number of aliphatic hydroxyl groups is 1. The van der Waals surface area contributed by atoms with Crippen LogP contribution in [0.15, 0.2) is 22.9 Å². The van der Waals surface area contributed by atoms with Gasteiger partial charge in [0.05, 0.1) is 12.1 Å². The molecule has 1 aromatic rings. The predicted molar refractivity (Wildman–Crippen MR) is 50.5 cm³/mol. The number of rotatable bonds is 2. The van der Waals surface area contributed by atoms with Crippen molar-refractivity contribution in [2.75, 3.05) is 0 Å². The average molecular weight is 231 g/mol. The van der Waals surface area contributed by atoms with Gasteiger partial charge in [0.1, 0.15) is 0 Å². The van der Waals surface area contributed by atoms with Crippen molar-refractivity contribution in [3.05, 3.63) is 28.5 Å². The van der Waals surface area contributed by atoms with Crippen LogP contribution in [0.2, 0.25) is 0 Å². The Labute approximate surface area is 79.7 Å². The highest BCUT2D eigenvalue weighted by Crippen LogP contribution is 2.22. The highest BCUT2D eigenvalue weighted by molar-refractivity contribution is 9.10. The Bertz CT molecular complexity index is 265. The fraction of sp³-hybridized carbons (Fsp3) is 0.375. The van der Waals surface area contributed by atoms with E-state index in [0.717, 1.165) is 10.0 Å². The van der Waals surface area contributed by atoms with Gasteiger partial charge in [0.15, 0.2) is 0 Å². The Balaban J connectivity index is 2.94. The molecule has 2 atom stereocenters. The van der Waals surface area contributed by atoms with Crippen molar-refractivity contribution < 1.29 is 5.11 Å². The highest BCUT2D eigenvalue weighted by Gasteiger charge is 2.14. The van der Waals surface area contributed by atoms with Gasteiger partial charge in [-0.25, -0.2) is 0 Å². The molecule has 0 aromatic carbocycles. The van der Waals surface area contributed by atoms with Gasteiger partial charge in [-0.15, -0.1) is 0 Å². The van der Waals surface area contributed by atoms with E-state index < -0.39 is 6.10 Å². The van der Waals surface area contributed by atoms with Crippen molar-refractivity contribution >= 4 is 15.9 Å². The van der Waals surface area contributed by atoms with E-state index in [2.05, 4.69) is 20.9 Å². The SMILES string of the molecule is CC(O)C(N)c1cnccc1Br. The lowest BCUT2D eigenvalue weighted by Gasteiger charge is -2.15. The second-order valence-electron chi connectivity index (χ2n) is 2.66. The summed E-state index contributed by atoms with van der Waals surface area (Å²) in [6.45, 7) is 1.66. The molecule has 0 aliphatic heterocycles. The molecule has 0 spiro atoms. The minimum absolute atomic E-state index is 0.381. The van der Waals surface area contributed by atoms with Gasteiger partial charge in [0, 0.05) is 22.4 Å². The number of aliphatic hydroxyl groups excluding tert-OH is 1. The van der Waals surface area contributed by atoms with E-state index >= 15 is 0 Å². The molecule has 0 radical (unpaired) electrons. The van der Waals surface area contributed by atoms with E-state index in [0.29, 0.717) is 0 Å². The van der Waals surface area contributed by atoms with Crippen LogP contribution in [0.1, 0.15) is 18.5 Å². The lowest BCUT2D eigenvalue weighted by atomic mass is 10.1. The van der Waals surface area contributed by atoms with Crippen LogP contribution in [0.3, 0.4) is 0 Å². The maximum Gasteiger partial charge on any atom is 0.0705 e. The van der Waals surface area contributed by atoms with Gasteiger partial charge in [-0.2, -0.15) is 0 Å².